The van der Waals surface area contributed by atoms with Gasteiger partial charge in [0.1, 0.15) is 5.01 Å². The van der Waals surface area contributed by atoms with Crippen LogP contribution in [0.5, 0.6) is 0 Å². The molecule has 0 fully saturated rings. The summed E-state index contributed by atoms with van der Waals surface area (Å²) in [7, 11) is -3.64. The van der Waals surface area contributed by atoms with Crippen molar-refractivity contribution in [1.29, 1.82) is 0 Å². The highest BCUT2D eigenvalue weighted by Crippen LogP contribution is 2.22. The van der Waals surface area contributed by atoms with Crippen molar-refractivity contribution in [3.63, 3.8) is 0 Å². The maximum absolute atomic E-state index is 12.2. The number of nitrogens with one attached hydrogen (secondary N) is 1. The molecular formula is C15H12ClN3O2S2. The molecule has 3 rings (SSSR count). The lowest BCUT2D eigenvalue weighted by molar-refractivity contribution is 0.601. The van der Waals surface area contributed by atoms with Crippen LogP contribution in [0.15, 0.2) is 59.5 Å². The molecule has 0 aliphatic heterocycles. The third-order valence-corrected chi connectivity index (χ3v) is 5.59. The Morgan fingerprint density at radius 3 is 2.39 bits per heavy atom. The molecule has 1 aromatic heterocycles. The van der Waals surface area contributed by atoms with Crippen molar-refractivity contribution in [3.05, 3.63) is 70.2 Å². The number of hydrogen-bond donors (Lipinski definition) is 1. The van der Waals surface area contributed by atoms with E-state index in [1.807, 2.05) is 12.1 Å². The summed E-state index contributed by atoms with van der Waals surface area (Å²) >= 11 is 7.06. The summed E-state index contributed by atoms with van der Waals surface area (Å²) in [5, 5.41) is 9.55. The highest BCUT2D eigenvalue weighted by molar-refractivity contribution is 7.93. The van der Waals surface area contributed by atoms with E-state index < -0.39 is 10.0 Å². The van der Waals surface area contributed by atoms with E-state index in [0.717, 1.165) is 10.6 Å². The van der Waals surface area contributed by atoms with Crippen molar-refractivity contribution < 1.29 is 8.42 Å². The second-order valence-corrected chi connectivity index (χ2v) is 7.90. The number of nitrogens with zero attached hydrogens (tertiary/aromatic N) is 2. The first kappa shape index (κ1) is 15.9. The Kier molecular flexibility index (Phi) is 4.61. The van der Waals surface area contributed by atoms with Crippen LogP contribution in [0.1, 0.15) is 10.6 Å². The fourth-order valence-corrected chi connectivity index (χ4v) is 4.07. The number of sulfonamides is 1. The van der Waals surface area contributed by atoms with E-state index in [1.54, 1.807) is 30.3 Å². The zero-order chi connectivity index (χ0) is 16.3. The minimum atomic E-state index is -3.64. The van der Waals surface area contributed by atoms with Crippen molar-refractivity contribution in [2.24, 2.45) is 0 Å². The van der Waals surface area contributed by atoms with Gasteiger partial charge in [0.15, 0.2) is 0 Å². The van der Waals surface area contributed by atoms with Gasteiger partial charge in [0.2, 0.25) is 5.13 Å². The Morgan fingerprint density at radius 1 is 1.00 bits per heavy atom. The fraction of sp³-hybridized carbons (Fsp3) is 0.0667. The molecule has 0 aliphatic carbocycles. The van der Waals surface area contributed by atoms with Crippen LogP contribution < -0.4 is 4.72 Å². The lowest BCUT2D eigenvalue weighted by Gasteiger charge is -2.03. The molecule has 23 heavy (non-hydrogen) atoms. The summed E-state index contributed by atoms with van der Waals surface area (Å²) in [4.78, 5) is 0.189. The maximum Gasteiger partial charge on any atom is 0.263 e. The molecule has 0 atom stereocenters. The van der Waals surface area contributed by atoms with Gasteiger partial charge in [0.05, 0.1) is 4.90 Å². The monoisotopic (exact) mass is 365 g/mol. The number of hydrogen-bond acceptors (Lipinski definition) is 5. The van der Waals surface area contributed by atoms with Crippen molar-refractivity contribution in [2.45, 2.75) is 11.3 Å². The highest BCUT2D eigenvalue weighted by atomic mass is 35.5. The van der Waals surface area contributed by atoms with Crippen LogP contribution in [0.2, 0.25) is 5.02 Å². The number of benzene rings is 2. The predicted molar refractivity (Wildman–Crippen MR) is 91.4 cm³/mol. The standard InChI is InChI=1S/C15H12ClN3O2S2/c16-12-8-6-11(7-9-12)10-14-17-18-15(22-14)19-23(20,21)13-4-2-1-3-5-13/h1-9H,10H2,(H,18,19). The molecule has 3 aromatic rings. The van der Waals surface area contributed by atoms with Crippen LogP contribution in [0.25, 0.3) is 0 Å². The van der Waals surface area contributed by atoms with Crippen LogP contribution in [0.3, 0.4) is 0 Å². The predicted octanol–water partition coefficient (Wildman–Crippen LogP) is 3.58. The second-order valence-electron chi connectivity index (χ2n) is 4.72. The Bertz CT molecular complexity index is 894. The smallest absolute Gasteiger partial charge is 0.253 e. The van der Waals surface area contributed by atoms with Crippen molar-refractivity contribution in [2.75, 3.05) is 4.72 Å². The topological polar surface area (TPSA) is 72.0 Å². The van der Waals surface area contributed by atoms with E-state index in [-0.39, 0.29) is 10.0 Å². The van der Waals surface area contributed by atoms with Crippen molar-refractivity contribution in [3.8, 4) is 0 Å². The Morgan fingerprint density at radius 2 is 1.70 bits per heavy atom. The van der Waals surface area contributed by atoms with Crippen molar-refractivity contribution >= 4 is 38.1 Å². The first-order chi connectivity index (χ1) is 11.0. The summed E-state index contributed by atoms with van der Waals surface area (Å²) < 4.78 is 26.9. The molecule has 2 aromatic carbocycles. The van der Waals surface area contributed by atoms with E-state index in [9.17, 15) is 8.42 Å². The van der Waals surface area contributed by atoms with Gasteiger partial charge in [0, 0.05) is 11.4 Å². The minimum Gasteiger partial charge on any atom is -0.253 e. The van der Waals surface area contributed by atoms with Crippen LogP contribution in [-0.2, 0) is 16.4 Å². The molecule has 8 heteroatoms. The summed E-state index contributed by atoms with van der Waals surface area (Å²) in [6, 6.07) is 15.6. The molecule has 0 saturated carbocycles. The van der Waals surface area contributed by atoms with Gasteiger partial charge < -0.3 is 0 Å². The van der Waals surface area contributed by atoms with Gasteiger partial charge in [-0.2, -0.15) is 0 Å². The van der Waals surface area contributed by atoms with Crippen molar-refractivity contribution in [1.82, 2.24) is 10.2 Å². The molecule has 0 amide bonds. The first-order valence-corrected chi connectivity index (χ1v) is 9.35. The Labute approximate surface area is 143 Å². The lowest BCUT2D eigenvalue weighted by Crippen LogP contribution is -2.12. The zero-order valence-corrected chi connectivity index (χ0v) is 14.2. The lowest BCUT2D eigenvalue weighted by atomic mass is 10.2. The molecule has 0 aliphatic rings. The number of anilines is 1. The number of aromatic nitrogens is 2. The largest absolute Gasteiger partial charge is 0.263 e. The molecular weight excluding hydrogens is 354 g/mol. The van der Waals surface area contributed by atoms with Crippen LogP contribution in [0.4, 0.5) is 5.13 Å². The Balaban J connectivity index is 1.73. The molecule has 5 nitrogen and oxygen atoms in total. The molecule has 1 heterocycles. The second kappa shape index (κ2) is 6.66. The summed E-state index contributed by atoms with van der Waals surface area (Å²) in [5.41, 5.74) is 1.03. The molecule has 0 spiro atoms. The normalized spacial score (nSPS) is 11.3. The molecule has 0 saturated heterocycles. The molecule has 118 valence electrons. The summed E-state index contributed by atoms with van der Waals surface area (Å²) in [6.45, 7) is 0. The zero-order valence-electron chi connectivity index (χ0n) is 11.8. The van der Waals surface area contributed by atoms with Gasteiger partial charge in [-0.05, 0) is 29.8 Å². The van der Waals surface area contributed by atoms with Crippen LogP contribution >= 0.6 is 22.9 Å². The maximum atomic E-state index is 12.2. The van der Waals surface area contributed by atoms with E-state index >= 15 is 0 Å². The van der Waals surface area contributed by atoms with Gasteiger partial charge in [-0.15, -0.1) is 10.2 Å². The van der Waals surface area contributed by atoms with Gasteiger partial charge in [-0.25, -0.2) is 8.42 Å². The van der Waals surface area contributed by atoms with E-state index in [2.05, 4.69) is 14.9 Å². The average molecular weight is 366 g/mol. The first-order valence-electron chi connectivity index (χ1n) is 6.68. The SMILES string of the molecule is O=S(=O)(Nc1nnc(Cc2ccc(Cl)cc2)s1)c1ccccc1. The van der Waals surface area contributed by atoms with Crippen LogP contribution in [-0.4, -0.2) is 18.6 Å². The number of rotatable bonds is 5. The quantitative estimate of drug-likeness (QED) is 0.750. The Hall–Kier alpha value is -1.96. The van der Waals surface area contributed by atoms with Gasteiger partial charge >= 0.3 is 0 Å². The summed E-state index contributed by atoms with van der Waals surface area (Å²) in [6.07, 6.45) is 0.571. The van der Waals surface area contributed by atoms with Gasteiger partial charge in [-0.1, -0.05) is 53.3 Å². The average Bonchev–Trinajstić information content (AvgIpc) is 2.97. The molecule has 0 bridgehead atoms. The summed E-state index contributed by atoms with van der Waals surface area (Å²) in [5.74, 6) is 0. The van der Waals surface area contributed by atoms with Gasteiger partial charge in [-0.3, -0.25) is 4.72 Å². The molecule has 1 N–H and O–H groups in total. The van der Waals surface area contributed by atoms with E-state index in [0.29, 0.717) is 11.4 Å². The van der Waals surface area contributed by atoms with E-state index in [1.165, 1.54) is 23.5 Å². The van der Waals surface area contributed by atoms with E-state index in [4.69, 9.17) is 11.6 Å². The van der Waals surface area contributed by atoms with Crippen LogP contribution in [0, 0.1) is 0 Å². The highest BCUT2D eigenvalue weighted by Gasteiger charge is 2.16. The minimum absolute atomic E-state index is 0.189. The third-order valence-electron chi connectivity index (χ3n) is 3.01. The fourth-order valence-electron chi connectivity index (χ4n) is 1.92. The third kappa shape index (κ3) is 4.07. The molecule has 0 unspecified atom stereocenters. The van der Waals surface area contributed by atoms with Gasteiger partial charge in [0.25, 0.3) is 10.0 Å². The molecule has 0 radical (unpaired) electrons. The number of halogens is 1.